The molecule has 26 heavy (non-hydrogen) atoms. The summed E-state index contributed by atoms with van der Waals surface area (Å²) in [7, 11) is 0. The second kappa shape index (κ2) is 12.3. The number of hydrogen-bond acceptors (Lipinski definition) is 4. The fourth-order valence-corrected chi connectivity index (χ4v) is 3.29. The highest BCUT2D eigenvalue weighted by molar-refractivity contribution is 6.63. The van der Waals surface area contributed by atoms with Crippen LogP contribution in [0.2, 0.25) is 0 Å². The summed E-state index contributed by atoms with van der Waals surface area (Å²) in [6.45, 7) is 6.04. The SMILES string of the molecule is CCCCCCCCOc1ccc(C2CN(CCC(=O)Cl)CCO2)cc1. The van der Waals surface area contributed by atoms with Crippen LogP contribution in [-0.4, -0.2) is 43.0 Å². The first-order chi connectivity index (χ1) is 12.7. The topological polar surface area (TPSA) is 38.8 Å². The minimum absolute atomic E-state index is 0.0433. The Morgan fingerprint density at radius 3 is 2.65 bits per heavy atom. The van der Waals surface area contributed by atoms with E-state index >= 15 is 0 Å². The van der Waals surface area contributed by atoms with Crippen molar-refractivity contribution in [2.24, 2.45) is 0 Å². The van der Waals surface area contributed by atoms with Gasteiger partial charge in [0.05, 0.1) is 19.3 Å². The summed E-state index contributed by atoms with van der Waals surface area (Å²) in [5, 5.41) is -0.278. The zero-order chi connectivity index (χ0) is 18.6. The van der Waals surface area contributed by atoms with E-state index in [1.165, 1.54) is 32.1 Å². The third kappa shape index (κ3) is 8.07. The molecule has 1 aliphatic rings. The molecule has 2 rings (SSSR count). The lowest BCUT2D eigenvalue weighted by Crippen LogP contribution is -2.39. The van der Waals surface area contributed by atoms with Gasteiger partial charge in [0.15, 0.2) is 0 Å². The summed E-state index contributed by atoms with van der Waals surface area (Å²) in [4.78, 5) is 13.2. The highest BCUT2D eigenvalue weighted by Gasteiger charge is 2.22. The van der Waals surface area contributed by atoms with E-state index < -0.39 is 0 Å². The van der Waals surface area contributed by atoms with Gasteiger partial charge in [0.25, 0.3) is 0 Å². The first kappa shape index (κ1) is 21.2. The molecule has 1 aromatic rings. The monoisotopic (exact) mass is 381 g/mol. The van der Waals surface area contributed by atoms with Gasteiger partial charge in [-0.15, -0.1) is 0 Å². The predicted octanol–water partition coefficient (Wildman–Crippen LogP) is 4.95. The molecule has 1 aliphatic heterocycles. The van der Waals surface area contributed by atoms with Gasteiger partial charge < -0.3 is 9.47 Å². The molecule has 1 aromatic carbocycles. The summed E-state index contributed by atoms with van der Waals surface area (Å²) in [5.41, 5.74) is 1.15. The molecule has 0 N–H and O–H groups in total. The number of benzene rings is 1. The molecule has 1 atom stereocenters. The quantitative estimate of drug-likeness (QED) is 0.379. The Morgan fingerprint density at radius 1 is 1.19 bits per heavy atom. The van der Waals surface area contributed by atoms with E-state index in [2.05, 4.69) is 24.0 Å². The number of carbonyl (C=O) groups is 1. The van der Waals surface area contributed by atoms with E-state index in [-0.39, 0.29) is 11.3 Å². The summed E-state index contributed by atoms with van der Waals surface area (Å²) in [5.74, 6) is 0.919. The van der Waals surface area contributed by atoms with Gasteiger partial charge in [0.2, 0.25) is 5.24 Å². The zero-order valence-electron chi connectivity index (χ0n) is 15.9. The van der Waals surface area contributed by atoms with Gasteiger partial charge in [-0.25, -0.2) is 0 Å². The lowest BCUT2D eigenvalue weighted by atomic mass is 10.1. The van der Waals surface area contributed by atoms with Crippen LogP contribution >= 0.6 is 11.6 Å². The van der Waals surface area contributed by atoms with E-state index in [0.29, 0.717) is 19.6 Å². The van der Waals surface area contributed by atoms with Gasteiger partial charge in [-0.05, 0) is 35.7 Å². The van der Waals surface area contributed by atoms with Crippen LogP contribution in [0.1, 0.15) is 63.5 Å². The first-order valence-corrected chi connectivity index (χ1v) is 10.3. The maximum absolute atomic E-state index is 10.9. The number of halogens is 1. The zero-order valence-corrected chi connectivity index (χ0v) is 16.7. The van der Waals surface area contributed by atoms with Gasteiger partial charge in [-0.3, -0.25) is 9.69 Å². The third-order valence-corrected chi connectivity index (χ3v) is 4.98. The molecule has 146 valence electrons. The largest absolute Gasteiger partial charge is 0.494 e. The predicted molar refractivity (Wildman–Crippen MR) is 106 cm³/mol. The van der Waals surface area contributed by atoms with Crippen LogP contribution in [0.5, 0.6) is 5.75 Å². The van der Waals surface area contributed by atoms with Crippen LogP contribution in [0.15, 0.2) is 24.3 Å². The van der Waals surface area contributed by atoms with Crippen molar-refractivity contribution in [3.8, 4) is 5.75 Å². The summed E-state index contributed by atoms with van der Waals surface area (Å²) in [6.07, 6.45) is 8.06. The molecule has 1 heterocycles. The van der Waals surface area contributed by atoms with E-state index in [1.807, 2.05) is 12.1 Å². The number of rotatable bonds is 12. The van der Waals surface area contributed by atoms with Gasteiger partial charge in [-0.1, -0.05) is 51.2 Å². The maximum atomic E-state index is 10.9. The van der Waals surface area contributed by atoms with Crippen molar-refractivity contribution >= 4 is 16.8 Å². The minimum Gasteiger partial charge on any atom is -0.494 e. The summed E-state index contributed by atoms with van der Waals surface area (Å²) < 4.78 is 11.7. The van der Waals surface area contributed by atoms with E-state index in [0.717, 1.165) is 37.4 Å². The van der Waals surface area contributed by atoms with Gasteiger partial charge in [0.1, 0.15) is 5.75 Å². The normalized spacial score (nSPS) is 18.0. The van der Waals surface area contributed by atoms with Gasteiger partial charge >= 0.3 is 0 Å². The van der Waals surface area contributed by atoms with Crippen molar-refractivity contribution in [2.45, 2.75) is 58.0 Å². The Balaban J connectivity index is 1.70. The fraction of sp³-hybridized carbons (Fsp3) is 0.667. The maximum Gasteiger partial charge on any atom is 0.222 e. The average Bonchev–Trinajstić information content (AvgIpc) is 2.66. The molecule has 0 aliphatic carbocycles. The molecule has 4 nitrogen and oxygen atoms in total. The molecule has 1 fully saturated rings. The molecule has 0 saturated carbocycles. The van der Waals surface area contributed by atoms with Crippen LogP contribution < -0.4 is 4.74 Å². The molecule has 1 unspecified atom stereocenters. The number of ether oxygens (including phenoxy) is 2. The number of carbonyl (C=O) groups excluding carboxylic acids is 1. The molecule has 5 heteroatoms. The minimum atomic E-state index is -0.278. The molecule has 0 aromatic heterocycles. The van der Waals surface area contributed by atoms with Crippen molar-refractivity contribution in [2.75, 3.05) is 32.8 Å². The van der Waals surface area contributed by atoms with E-state index in [4.69, 9.17) is 21.1 Å². The summed E-state index contributed by atoms with van der Waals surface area (Å²) >= 11 is 5.44. The van der Waals surface area contributed by atoms with Crippen molar-refractivity contribution in [3.05, 3.63) is 29.8 Å². The first-order valence-electron chi connectivity index (χ1n) is 9.94. The standard InChI is InChI=1S/C21H32ClNO3/c1-2-3-4-5-6-7-15-25-19-10-8-18(9-11-19)20-17-23(14-16-26-20)13-12-21(22)24/h8-11,20H,2-7,12-17H2,1H3. The second-order valence-electron chi connectivity index (χ2n) is 6.95. The number of morpholine rings is 1. The summed E-state index contributed by atoms with van der Waals surface area (Å²) in [6, 6.07) is 8.21. The molecular formula is C21H32ClNO3. The lowest BCUT2D eigenvalue weighted by molar-refractivity contribution is -0.112. The second-order valence-corrected chi connectivity index (χ2v) is 7.37. The van der Waals surface area contributed by atoms with Gasteiger partial charge in [0, 0.05) is 26.1 Å². The molecule has 0 radical (unpaired) electrons. The smallest absolute Gasteiger partial charge is 0.222 e. The van der Waals surface area contributed by atoms with Crippen LogP contribution in [0.4, 0.5) is 0 Å². The average molecular weight is 382 g/mol. The number of hydrogen-bond donors (Lipinski definition) is 0. The Morgan fingerprint density at radius 2 is 1.92 bits per heavy atom. The molecule has 0 bridgehead atoms. The van der Waals surface area contributed by atoms with E-state index in [9.17, 15) is 4.79 Å². The molecule has 1 saturated heterocycles. The van der Waals surface area contributed by atoms with Crippen LogP contribution in [0.25, 0.3) is 0 Å². The Kier molecular flexibility index (Phi) is 10.0. The Labute approximate surface area is 162 Å². The van der Waals surface area contributed by atoms with Crippen LogP contribution in [0, 0.1) is 0 Å². The van der Waals surface area contributed by atoms with Gasteiger partial charge in [-0.2, -0.15) is 0 Å². The van der Waals surface area contributed by atoms with E-state index in [1.54, 1.807) is 0 Å². The van der Waals surface area contributed by atoms with Crippen molar-refractivity contribution < 1.29 is 14.3 Å². The van der Waals surface area contributed by atoms with Crippen molar-refractivity contribution in [1.82, 2.24) is 4.90 Å². The number of unbranched alkanes of at least 4 members (excludes halogenated alkanes) is 5. The number of nitrogens with zero attached hydrogens (tertiary/aromatic N) is 1. The Hall–Kier alpha value is -1.10. The molecule has 0 spiro atoms. The molecular weight excluding hydrogens is 350 g/mol. The highest BCUT2D eigenvalue weighted by Crippen LogP contribution is 2.24. The lowest BCUT2D eigenvalue weighted by Gasteiger charge is -2.32. The Bertz CT molecular complexity index is 520. The van der Waals surface area contributed by atoms with Crippen molar-refractivity contribution in [3.63, 3.8) is 0 Å². The molecule has 0 amide bonds. The highest BCUT2D eigenvalue weighted by atomic mass is 35.5. The van der Waals surface area contributed by atoms with Crippen LogP contribution in [-0.2, 0) is 9.53 Å². The van der Waals surface area contributed by atoms with Crippen molar-refractivity contribution in [1.29, 1.82) is 0 Å². The fourth-order valence-electron chi connectivity index (χ4n) is 3.20. The third-order valence-electron chi connectivity index (χ3n) is 4.79. The van der Waals surface area contributed by atoms with Crippen LogP contribution in [0.3, 0.4) is 0 Å².